The lowest BCUT2D eigenvalue weighted by atomic mass is 9.99. The third kappa shape index (κ3) is 2.96. The van der Waals surface area contributed by atoms with Crippen molar-refractivity contribution in [3.05, 3.63) is 74.2 Å². The third-order valence-corrected chi connectivity index (χ3v) is 5.79. The summed E-state index contributed by atoms with van der Waals surface area (Å²) in [5.74, 6) is -0.357. The number of aryl methyl sites for hydroxylation is 1. The zero-order valence-corrected chi connectivity index (χ0v) is 17.2. The maximum atomic E-state index is 14.7. The molecule has 0 aliphatic carbocycles. The fourth-order valence-corrected chi connectivity index (χ4v) is 3.89. The molecule has 0 amide bonds. The summed E-state index contributed by atoms with van der Waals surface area (Å²) in [6.07, 6.45) is 0. The number of methoxy groups -OCH3 is 1. The highest BCUT2D eigenvalue weighted by Crippen LogP contribution is 2.38. The van der Waals surface area contributed by atoms with Gasteiger partial charge in [-0.25, -0.2) is 8.78 Å². The lowest BCUT2D eigenvalue weighted by molar-refractivity contribution is 0.178. The minimum Gasteiger partial charge on any atom is -0.382 e. The number of benzene rings is 2. The number of hydrogen-bond donors (Lipinski definition) is 0. The first-order chi connectivity index (χ1) is 13.4. The molecule has 1 aliphatic rings. The number of hydrogen-bond acceptors (Lipinski definition) is 4. The molecule has 1 aromatic heterocycles. The van der Waals surface area contributed by atoms with Crippen molar-refractivity contribution in [2.75, 3.05) is 13.7 Å². The third-order valence-electron chi connectivity index (χ3n) is 4.51. The summed E-state index contributed by atoms with van der Waals surface area (Å²) in [6.45, 7) is 1.94. The van der Waals surface area contributed by atoms with Gasteiger partial charge in [-0.1, -0.05) is 17.7 Å². The summed E-state index contributed by atoms with van der Waals surface area (Å²) < 4.78 is 37.0. The second-order valence-corrected chi connectivity index (χ2v) is 7.47. The quantitative estimate of drug-likeness (QED) is 0.556. The molecule has 0 fully saturated rings. The molecule has 4 rings (SSSR count). The monoisotopic (exact) mass is 466 g/mol. The van der Waals surface area contributed by atoms with Crippen molar-refractivity contribution in [3.63, 3.8) is 0 Å². The van der Waals surface area contributed by atoms with Crippen molar-refractivity contribution in [1.82, 2.24) is 14.8 Å². The average Bonchev–Trinajstić information content (AvgIpc) is 2.97. The number of nitrogens with zero attached hydrogens (tertiary/aromatic N) is 4. The molecular formula is C19H14BrClF2N4O. The number of rotatable bonds is 3. The van der Waals surface area contributed by atoms with E-state index in [1.165, 1.54) is 25.3 Å². The maximum absolute atomic E-state index is 14.7. The lowest BCUT2D eigenvalue weighted by Gasteiger charge is -2.16. The Labute approximate surface area is 173 Å². The summed E-state index contributed by atoms with van der Waals surface area (Å²) in [7, 11) is 1.52. The smallest absolute Gasteiger partial charge is 0.164 e. The largest absolute Gasteiger partial charge is 0.382 e. The first-order valence-electron chi connectivity index (χ1n) is 8.35. The molecule has 3 aromatic rings. The van der Waals surface area contributed by atoms with Gasteiger partial charge < -0.3 is 4.74 Å². The minimum absolute atomic E-state index is 0.101. The Morgan fingerprint density at radius 1 is 1.14 bits per heavy atom. The molecule has 0 bridgehead atoms. The van der Waals surface area contributed by atoms with E-state index in [-0.39, 0.29) is 22.9 Å². The Hall–Kier alpha value is -2.16. The molecule has 0 saturated carbocycles. The van der Waals surface area contributed by atoms with Crippen LogP contribution in [0, 0.1) is 18.6 Å². The summed E-state index contributed by atoms with van der Waals surface area (Å²) in [4.78, 5) is 4.64. The summed E-state index contributed by atoms with van der Waals surface area (Å²) in [6, 6.07) is 6.61. The zero-order chi connectivity index (χ0) is 20.0. The molecule has 9 heteroatoms. The Kier molecular flexibility index (Phi) is 5.03. The van der Waals surface area contributed by atoms with Gasteiger partial charge >= 0.3 is 0 Å². The lowest BCUT2D eigenvalue weighted by Crippen LogP contribution is -2.13. The SMILES string of the molecule is COC[C@H]1N=C(c2c(F)cccc2F)c2c(ccc(Br)c2Cl)-n2c(C)nnc21. The minimum atomic E-state index is -0.730. The predicted molar refractivity (Wildman–Crippen MR) is 105 cm³/mol. The van der Waals surface area contributed by atoms with E-state index in [2.05, 4.69) is 31.1 Å². The van der Waals surface area contributed by atoms with Crippen molar-refractivity contribution in [3.8, 4) is 5.69 Å². The molecule has 2 aromatic carbocycles. The van der Waals surface area contributed by atoms with Gasteiger partial charge in [0.15, 0.2) is 5.82 Å². The molecule has 0 N–H and O–H groups in total. The van der Waals surface area contributed by atoms with Crippen LogP contribution in [0.4, 0.5) is 8.78 Å². The van der Waals surface area contributed by atoms with Crippen LogP contribution < -0.4 is 0 Å². The van der Waals surface area contributed by atoms with Gasteiger partial charge in [0.05, 0.1) is 28.6 Å². The fourth-order valence-electron chi connectivity index (χ4n) is 3.31. The van der Waals surface area contributed by atoms with E-state index in [4.69, 9.17) is 16.3 Å². The van der Waals surface area contributed by atoms with Crippen molar-refractivity contribution >= 4 is 33.2 Å². The molecule has 144 valence electrons. The topological polar surface area (TPSA) is 52.3 Å². The standard InChI is InChI=1S/C19H14BrClF2N4O/c1-9-25-26-19-13(8-28-2)24-18(15-11(22)4-3-5-12(15)23)16-14(27(9)19)7-6-10(20)17(16)21/h3-7,13H,8H2,1-2H3/t13-/m1/s1. The van der Waals surface area contributed by atoms with Crippen LogP contribution in [0.3, 0.4) is 0 Å². The Morgan fingerprint density at radius 2 is 1.86 bits per heavy atom. The Balaban J connectivity index is 2.13. The first kappa shape index (κ1) is 19.2. The van der Waals surface area contributed by atoms with Crippen LogP contribution in [0.5, 0.6) is 0 Å². The van der Waals surface area contributed by atoms with E-state index in [0.717, 1.165) is 0 Å². The number of fused-ring (bicyclic) bond motifs is 3. The van der Waals surface area contributed by atoms with Gasteiger partial charge in [-0.3, -0.25) is 9.56 Å². The highest BCUT2D eigenvalue weighted by Gasteiger charge is 2.32. The van der Waals surface area contributed by atoms with E-state index >= 15 is 0 Å². The summed E-state index contributed by atoms with van der Waals surface area (Å²) in [5.41, 5.74) is 0.832. The summed E-state index contributed by atoms with van der Waals surface area (Å²) >= 11 is 9.98. The Bertz CT molecular complexity index is 1100. The van der Waals surface area contributed by atoms with Crippen LogP contribution >= 0.6 is 27.5 Å². The van der Waals surface area contributed by atoms with Crippen molar-refractivity contribution in [2.45, 2.75) is 13.0 Å². The van der Waals surface area contributed by atoms with Gasteiger partial charge in [0.2, 0.25) is 0 Å². The molecule has 0 unspecified atom stereocenters. The molecule has 1 atom stereocenters. The van der Waals surface area contributed by atoms with Crippen molar-refractivity contribution in [2.24, 2.45) is 4.99 Å². The predicted octanol–water partition coefficient (Wildman–Crippen LogP) is 4.81. The normalized spacial score (nSPS) is 15.6. The average molecular weight is 468 g/mol. The second kappa shape index (κ2) is 7.35. The van der Waals surface area contributed by atoms with E-state index < -0.39 is 17.7 Å². The molecular weight excluding hydrogens is 454 g/mol. The first-order valence-corrected chi connectivity index (χ1v) is 9.53. The van der Waals surface area contributed by atoms with E-state index in [1.807, 2.05) is 0 Å². The molecule has 0 spiro atoms. The van der Waals surface area contributed by atoms with Gasteiger partial charge in [-0.15, -0.1) is 10.2 Å². The highest BCUT2D eigenvalue weighted by atomic mass is 79.9. The van der Waals surface area contributed by atoms with Gasteiger partial charge in [0.1, 0.15) is 23.5 Å². The maximum Gasteiger partial charge on any atom is 0.164 e. The highest BCUT2D eigenvalue weighted by molar-refractivity contribution is 9.10. The number of aromatic nitrogens is 3. The zero-order valence-electron chi connectivity index (χ0n) is 14.9. The molecule has 0 saturated heterocycles. The van der Waals surface area contributed by atoms with Crippen LogP contribution in [0.25, 0.3) is 5.69 Å². The molecule has 2 heterocycles. The van der Waals surface area contributed by atoms with Crippen LogP contribution in [-0.4, -0.2) is 34.2 Å². The molecule has 5 nitrogen and oxygen atoms in total. The number of ether oxygens (including phenoxy) is 1. The number of aliphatic imine (C=N–C) groups is 1. The van der Waals surface area contributed by atoms with Gasteiger partial charge in [0.25, 0.3) is 0 Å². The van der Waals surface area contributed by atoms with Gasteiger partial charge in [0, 0.05) is 17.1 Å². The summed E-state index contributed by atoms with van der Waals surface area (Å²) in [5, 5.41) is 8.65. The van der Waals surface area contributed by atoms with Gasteiger partial charge in [-0.2, -0.15) is 0 Å². The fraction of sp³-hybridized carbons (Fsp3) is 0.211. The van der Waals surface area contributed by atoms with Crippen molar-refractivity contribution in [1.29, 1.82) is 0 Å². The molecule has 1 aliphatic heterocycles. The van der Waals surface area contributed by atoms with Crippen molar-refractivity contribution < 1.29 is 13.5 Å². The van der Waals surface area contributed by atoms with E-state index in [1.54, 1.807) is 23.6 Å². The van der Waals surface area contributed by atoms with Crippen LogP contribution in [-0.2, 0) is 4.74 Å². The van der Waals surface area contributed by atoms with Crippen LogP contribution in [0.1, 0.15) is 28.8 Å². The van der Waals surface area contributed by atoms with Crippen LogP contribution in [0.15, 0.2) is 39.8 Å². The van der Waals surface area contributed by atoms with Crippen LogP contribution in [0.2, 0.25) is 5.02 Å². The second-order valence-electron chi connectivity index (χ2n) is 6.24. The van der Waals surface area contributed by atoms with E-state index in [9.17, 15) is 8.78 Å². The number of halogens is 4. The van der Waals surface area contributed by atoms with Gasteiger partial charge in [-0.05, 0) is 47.1 Å². The van der Waals surface area contributed by atoms with E-state index in [0.29, 0.717) is 27.4 Å². The molecule has 0 radical (unpaired) electrons. The Morgan fingerprint density at radius 3 is 2.54 bits per heavy atom. The molecule has 28 heavy (non-hydrogen) atoms.